The first-order valence-electron chi connectivity index (χ1n) is 4.56. The van der Waals surface area contributed by atoms with Crippen LogP contribution < -0.4 is 14.8 Å². The average molecular weight is 220 g/mol. The highest BCUT2D eigenvalue weighted by Crippen LogP contribution is 2.28. The van der Waals surface area contributed by atoms with Crippen LogP contribution in [0.25, 0.3) is 4.85 Å². The van der Waals surface area contributed by atoms with Gasteiger partial charge in [0.1, 0.15) is 11.5 Å². The van der Waals surface area contributed by atoms with Crippen LogP contribution in [0.1, 0.15) is 0 Å². The lowest BCUT2D eigenvalue weighted by atomic mass is 10.2. The fourth-order valence-electron chi connectivity index (χ4n) is 1.17. The first-order valence-corrected chi connectivity index (χ1v) is 4.56. The molecule has 0 unspecified atom stereocenters. The first kappa shape index (κ1) is 11.9. The Kier molecular flexibility index (Phi) is 4.16. The van der Waals surface area contributed by atoms with Crippen LogP contribution in [-0.4, -0.2) is 26.7 Å². The molecule has 1 amide bonds. The minimum absolute atomic E-state index is 0.208. The SMILES string of the molecule is [C-]#[N+]CC(=O)Nc1cc(OC)ccc1OC. The van der Waals surface area contributed by atoms with Crippen LogP contribution in [0, 0.1) is 6.57 Å². The minimum atomic E-state index is -0.374. The summed E-state index contributed by atoms with van der Waals surface area (Å²) in [4.78, 5) is 14.3. The highest BCUT2D eigenvalue weighted by Gasteiger charge is 2.10. The molecule has 1 N–H and O–H groups in total. The van der Waals surface area contributed by atoms with Gasteiger partial charge in [-0.05, 0) is 12.1 Å². The van der Waals surface area contributed by atoms with Gasteiger partial charge in [-0.1, -0.05) is 0 Å². The molecule has 0 heterocycles. The van der Waals surface area contributed by atoms with Gasteiger partial charge in [0.15, 0.2) is 0 Å². The second-order valence-electron chi connectivity index (χ2n) is 2.93. The number of carbonyl (C=O) groups is 1. The smallest absolute Gasteiger partial charge is 0.304 e. The number of nitrogens with zero attached hydrogens (tertiary/aromatic N) is 1. The van der Waals surface area contributed by atoms with Crippen molar-refractivity contribution < 1.29 is 14.3 Å². The van der Waals surface area contributed by atoms with E-state index >= 15 is 0 Å². The zero-order chi connectivity index (χ0) is 12.0. The van der Waals surface area contributed by atoms with E-state index in [2.05, 4.69) is 10.2 Å². The van der Waals surface area contributed by atoms with E-state index in [1.54, 1.807) is 18.2 Å². The van der Waals surface area contributed by atoms with Crippen LogP contribution in [0.3, 0.4) is 0 Å². The molecule has 0 saturated heterocycles. The Balaban J connectivity index is 2.92. The van der Waals surface area contributed by atoms with E-state index in [-0.39, 0.29) is 12.5 Å². The van der Waals surface area contributed by atoms with Crippen molar-refractivity contribution in [2.24, 2.45) is 0 Å². The molecule has 0 spiro atoms. The molecular formula is C11H12N2O3. The second-order valence-corrected chi connectivity index (χ2v) is 2.93. The average Bonchev–Trinajstić information content (AvgIpc) is 2.29. The van der Waals surface area contributed by atoms with E-state index in [1.165, 1.54) is 14.2 Å². The van der Waals surface area contributed by atoms with Gasteiger partial charge >= 0.3 is 5.91 Å². The topological polar surface area (TPSA) is 51.9 Å². The largest absolute Gasteiger partial charge is 0.497 e. The van der Waals surface area contributed by atoms with E-state index in [1.807, 2.05) is 0 Å². The van der Waals surface area contributed by atoms with Crippen LogP contribution >= 0.6 is 0 Å². The van der Waals surface area contributed by atoms with Gasteiger partial charge in [0.05, 0.1) is 19.9 Å². The van der Waals surface area contributed by atoms with Crippen molar-refractivity contribution in [3.8, 4) is 11.5 Å². The number of benzene rings is 1. The number of amides is 1. The van der Waals surface area contributed by atoms with Crippen LogP contribution in [-0.2, 0) is 4.79 Å². The maximum absolute atomic E-state index is 11.3. The van der Waals surface area contributed by atoms with Gasteiger partial charge in [-0.15, -0.1) is 0 Å². The molecule has 0 aliphatic heterocycles. The molecule has 0 fully saturated rings. The van der Waals surface area contributed by atoms with Gasteiger partial charge in [-0.3, -0.25) is 4.79 Å². The van der Waals surface area contributed by atoms with Gasteiger partial charge in [-0.2, -0.15) is 0 Å². The quantitative estimate of drug-likeness (QED) is 0.783. The van der Waals surface area contributed by atoms with Crippen molar-refractivity contribution in [3.05, 3.63) is 29.6 Å². The first-order chi connectivity index (χ1) is 7.71. The van der Waals surface area contributed by atoms with Crippen molar-refractivity contribution >= 4 is 11.6 Å². The van der Waals surface area contributed by atoms with Gasteiger partial charge < -0.3 is 19.6 Å². The molecule has 1 aromatic rings. The lowest BCUT2D eigenvalue weighted by molar-refractivity contribution is -0.114. The van der Waals surface area contributed by atoms with Crippen molar-refractivity contribution in [2.75, 3.05) is 26.1 Å². The highest BCUT2D eigenvalue weighted by atomic mass is 16.5. The van der Waals surface area contributed by atoms with E-state index in [0.29, 0.717) is 17.2 Å². The Bertz CT molecular complexity index is 424. The fraction of sp³-hybridized carbons (Fsp3) is 0.273. The zero-order valence-corrected chi connectivity index (χ0v) is 9.11. The molecular weight excluding hydrogens is 208 g/mol. The summed E-state index contributed by atoms with van der Waals surface area (Å²) in [6, 6.07) is 5.05. The Morgan fingerprint density at radius 2 is 2.19 bits per heavy atom. The zero-order valence-electron chi connectivity index (χ0n) is 9.11. The molecule has 0 aliphatic carbocycles. The molecule has 1 rings (SSSR count). The number of anilines is 1. The molecule has 0 bridgehead atoms. The van der Waals surface area contributed by atoms with E-state index in [0.717, 1.165) is 0 Å². The molecule has 0 saturated carbocycles. The summed E-state index contributed by atoms with van der Waals surface area (Å²) in [5.41, 5.74) is 0.496. The third-order valence-corrected chi connectivity index (χ3v) is 1.90. The Labute approximate surface area is 93.8 Å². The van der Waals surface area contributed by atoms with Crippen LogP contribution in [0.15, 0.2) is 18.2 Å². The second kappa shape index (κ2) is 5.61. The summed E-state index contributed by atoms with van der Waals surface area (Å²) in [6.45, 7) is 6.38. The fourth-order valence-corrected chi connectivity index (χ4v) is 1.17. The normalized spacial score (nSPS) is 9.06. The molecule has 1 aromatic carbocycles. The number of hydrogen-bond acceptors (Lipinski definition) is 3. The number of rotatable bonds is 4. The molecule has 0 atom stereocenters. The lowest BCUT2D eigenvalue weighted by Crippen LogP contribution is -2.14. The molecule has 0 radical (unpaired) electrons. The molecule has 16 heavy (non-hydrogen) atoms. The van der Waals surface area contributed by atoms with Crippen molar-refractivity contribution in [2.45, 2.75) is 0 Å². The number of methoxy groups -OCH3 is 2. The standard InChI is InChI=1S/C11H12N2O3/c1-12-7-11(14)13-9-6-8(15-2)4-5-10(9)16-3/h4-6H,7H2,2-3H3,(H,13,14). The van der Waals surface area contributed by atoms with Crippen molar-refractivity contribution in [1.82, 2.24) is 0 Å². The van der Waals surface area contributed by atoms with Crippen molar-refractivity contribution in [3.63, 3.8) is 0 Å². The minimum Gasteiger partial charge on any atom is -0.497 e. The van der Waals surface area contributed by atoms with Crippen LogP contribution in [0.4, 0.5) is 5.69 Å². The predicted molar refractivity (Wildman–Crippen MR) is 59.6 cm³/mol. The number of nitrogens with one attached hydrogen (secondary N) is 1. The third kappa shape index (κ3) is 2.89. The molecule has 0 aromatic heterocycles. The number of ether oxygens (including phenoxy) is 2. The maximum Gasteiger partial charge on any atom is 0.304 e. The highest BCUT2D eigenvalue weighted by molar-refractivity contribution is 5.94. The van der Waals surface area contributed by atoms with E-state index in [9.17, 15) is 4.79 Å². The Morgan fingerprint density at radius 1 is 1.44 bits per heavy atom. The summed E-state index contributed by atoms with van der Waals surface area (Å²) < 4.78 is 10.1. The van der Waals surface area contributed by atoms with Gasteiger partial charge in [0.25, 0.3) is 6.54 Å². The summed E-state index contributed by atoms with van der Waals surface area (Å²) >= 11 is 0. The summed E-state index contributed by atoms with van der Waals surface area (Å²) in [6.07, 6.45) is 0. The van der Waals surface area contributed by atoms with Crippen molar-refractivity contribution in [1.29, 1.82) is 0 Å². The summed E-state index contributed by atoms with van der Waals surface area (Å²) in [5, 5.41) is 2.58. The predicted octanol–water partition coefficient (Wildman–Crippen LogP) is 1.56. The van der Waals surface area contributed by atoms with Gasteiger partial charge in [-0.25, -0.2) is 6.57 Å². The Morgan fingerprint density at radius 3 is 2.75 bits per heavy atom. The summed E-state index contributed by atoms with van der Waals surface area (Å²) in [7, 11) is 3.04. The molecule has 0 aliphatic rings. The van der Waals surface area contributed by atoms with Crippen LogP contribution in [0.2, 0.25) is 0 Å². The number of hydrogen-bond donors (Lipinski definition) is 1. The monoisotopic (exact) mass is 220 g/mol. The third-order valence-electron chi connectivity index (χ3n) is 1.90. The van der Waals surface area contributed by atoms with Gasteiger partial charge in [0.2, 0.25) is 0 Å². The molecule has 5 nitrogen and oxygen atoms in total. The Hall–Kier alpha value is -2.22. The van der Waals surface area contributed by atoms with E-state index in [4.69, 9.17) is 16.0 Å². The molecule has 5 heteroatoms. The van der Waals surface area contributed by atoms with Gasteiger partial charge in [0, 0.05) is 6.07 Å². The number of carbonyl (C=O) groups excluding carboxylic acids is 1. The summed E-state index contributed by atoms with van der Waals surface area (Å²) in [5.74, 6) is 0.764. The lowest BCUT2D eigenvalue weighted by Gasteiger charge is -2.10. The van der Waals surface area contributed by atoms with Crippen LogP contribution in [0.5, 0.6) is 11.5 Å². The molecule has 84 valence electrons. The van der Waals surface area contributed by atoms with E-state index < -0.39 is 0 Å². The maximum atomic E-state index is 11.3.